The molecule has 0 bridgehead atoms. The van der Waals surface area contributed by atoms with E-state index in [1.54, 1.807) is 6.07 Å². The Kier molecular flexibility index (Phi) is 8.05. The number of ether oxygens (including phenoxy) is 1. The Bertz CT molecular complexity index is 890. The van der Waals surface area contributed by atoms with E-state index in [0.717, 1.165) is 54.9 Å². The van der Waals surface area contributed by atoms with Crippen LogP contribution in [0.5, 0.6) is 0 Å². The van der Waals surface area contributed by atoms with E-state index in [0.29, 0.717) is 11.8 Å². The van der Waals surface area contributed by atoms with Crippen LogP contribution in [0.15, 0.2) is 54.3 Å². The smallest absolute Gasteiger partial charge is 0.127 e. The molecule has 2 aliphatic rings. The maximum Gasteiger partial charge on any atom is 0.127 e. The Hall–Kier alpha value is -2.09. The first kappa shape index (κ1) is 23.1. The van der Waals surface area contributed by atoms with Crippen LogP contribution < -0.4 is 0 Å². The normalized spacial score (nSPS) is 23.5. The van der Waals surface area contributed by atoms with Crippen LogP contribution >= 0.6 is 0 Å². The SMILES string of the molecule is CCCCCC1=CCC(c2ccc(-c3ccc(C4CCC(CC)CC4)c(F)c3)cc2)CO1. The van der Waals surface area contributed by atoms with Gasteiger partial charge in [-0.25, -0.2) is 4.39 Å². The second kappa shape index (κ2) is 11.2. The Morgan fingerprint density at radius 3 is 2.25 bits per heavy atom. The summed E-state index contributed by atoms with van der Waals surface area (Å²) in [4.78, 5) is 0. The number of rotatable bonds is 8. The van der Waals surface area contributed by atoms with Crippen LogP contribution in [-0.2, 0) is 4.74 Å². The minimum Gasteiger partial charge on any atom is -0.498 e. The fourth-order valence-electron chi connectivity index (χ4n) is 5.43. The predicted molar refractivity (Wildman–Crippen MR) is 132 cm³/mol. The summed E-state index contributed by atoms with van der Waals surface area (Å²) < 4.78 is 21.0. The molecular formula is C30H39FO. The summed E-state index contributed by atoms with van der Waals surface area (Å²) in [6.45, 7) is 5.27. The zero-order valence-electron chi connectivity index (χ0n) is 19.9. The molecule has 2 aromatic rings. The standard InChI is InChI=1S/C30H39FO/c1-3-5-6-7-28-18-16-27(21-32-28)24-14-12-23(13-15-24)26-17-19-29(30(31)20-26)25-10-8-22(4-2)9-11-25/h12-15,17-20,22,25,27H,3-11,16,21H2,1-2H3. The molecule has 1 nitrogen and oxygen atoms in total. The molecule has 1 aliphatic heterocycles. The summed E-state index contributed by atoms with van der Waals surface area (Å²) in [5, 5.41) is 0. The Morgan fingerprint density at radius 1 is 0.875 bits per heavy atom. The molecule has 0 aromatic heterocycles. The van der Waals surface area contributed by atoms with Crippen molar-refractivity contribution in [1.29, 1.82) is 0 Å². The highest BCUT2D eigenvalue weighted by Crippen LogP contribution is 2.39. The second-order valence-electron chi connectivity index (χ2n) is 9.86. The van der Waals surface area contributed by atoms with E-state index < -0.39 is 0 Å². The predicted octanol–water partition coefficient (Wildman–Crippen LogP) is 9.14. The van der Waals surface area contributed by atoms with Gasteiger partial charge in [-0.1, -0.05) is 69.5 Å². The van der Waals surface area contributed by atoms with Crippen LogP contribution in [0.3, 0.4) is 0 Å². The van der Waals surface area contributed by atoms with Gasteiger partial charge in [-0.15, -0.1) is 0 Å². The van der Waals surface area contributed by atoms with Crippen molar-refractivity contribution in [3.8, 4) is 11.1 Å². The highest BCUT2D eigenvalue weighted by Gasteiger charge is 2.23. The van der Waals surface area contributed by atoms with Gasteiger partial charge in [0.25, 0.3) is 0 Å². The van der Waals surface area contributed by atoms with Gasteiger partial charge in [0.2, 0.25) is 0 Å². The largest absolute Gasteiger partial charge is 0.498 e. The highest BCUT2D eigenvalue weighted by atomic mass is 19.1. The number of hydrogen-bond acceptors (Lipinski definition) is 1. The number of halogens is 1. The molecule has 0 amide bonds. The molecule has 172 valence electrons. The van der Waals surface area contributed by atoms with E-state index >= 15 is 0 Å². The number of benzene rings is 2. The third-order valence-electron chi connectivity index (χ3n) is 7.71. The topological polar surface area (TPSA) is 9.23 Å². The van der Waals surface area contributed by atoms with E-state index in [2.05, 4.69) is 50.3 Å². The molecule has 4 rings (SSSR count). The van der Waals surface area contributed by atoms with Crippen molar-refractivity contribution < 1.29 is 9.13 Å². The number of allylic oxidation sites excluding steroid dienone is 2. The van der Waals surface area contributed by atoms with E-state index in [-0.39, 0.29) is 5.82 Å². The molecule has 1 atom stereocenters. The lowest BCUT2D eigenvalue weighted by atomic mass is 9.77. The minimum atomic E-state index is -0.0343. The maximum atomic E-state index is 15.0. The molecule has 1 aliphatic carbocycles. The molecule has 0 spiro atoms. The molecule has 2 aromatic carbocycles. The zero-order chi connectivity index (χ0) is 22.3. The van der Waals surface area contributed by atoms with Gasteiger partial charge in [-0.05, 0) is 84.8 Å². The van der Waals surface area contributed by atoms with Crippen LogP contribution in [0, 0.1) is 11.7 Å². The fraction of sp³-hybridized carbons (Fsp3) is 0.533. The molecule has 2 heteroatoms. The molecule has 1 heterocycles. The van der Waals surface area contributed by atoms with E-state index in [4.69, 9.17) is 4.74 Å². The van der Waals surface area contributed by atoms with Gasteiger partial charge in [0.1, 0.15) is 5.82 Å². The Balaban J connectivity index is 1.37. The Morgan fingerprint density at radius 2 is 1.62 bits per heavy atom. The van der Waals surface area contributed by atoms with Crippen LogP contribution in [0.2, 0.25) is 0 Å². The lowest BCUT2D eigenvalue weighted by Crippen LogP contribution is -2.13. The van der Waals surface area contributed by atoms with Gasteiger partial charge in [-0.3, -0.25) is 0 Å². The number of hydrogen-bond donors (Lipinski definition) is 0. The third-order valence-corrected chi connectivity index (χ3v) is 7.71. The van der Waals surface area contributed by atoms with Crippen molar-refractivity contribution in [2.24, 2.45) is 5.92 Å². The van der Waals surface area contributed by atoms with Gasteiger partial charge in [0.05, 0.1) is 12.4 Å². The lowest BCUT2D eigenvalue weighted by Gasteiger charge is -2.28. The van der Waals surface area contributed by atoms with Crippen molar-refractivity contribution in [3.05, 3.63) is 71.2 Å². The lowest BCUT2D eigenvalue weighted by molar-refractivity contribution is 0.165. The van der Waals surface area contributed by atoms with E-state index in [1.165, 1.54) is 49.8 Å². The van der Waals surface area contributed by atoms with Crippen molar-refractivity contribution in [2.45, 2.75) is 89.9 Å². The van der Waals surface area contributed by atoms with Crippen molar-refractivity contribution in [2.75, 3.05) is 6.61 Å². The maximum absolute atomic E-state index is 15.0. The van der Waals surface area contributed by atoms with Crippen molar-refractivity contribution in [1.82, 2.24) is 0 Å². The quantitative estimate of drug-likeness (QED) is 0.376. The fourth-order valence-corrected chi connectivity index (χ4v) is 5.43. The molecule has 1 saturated carbocycles. The molecule has 0 saturated heterocycles. The van der Waals surface area contributed by atoms with Crippen molar-refractivity contribution >= 4 is 0 Å². The summed E-state index contributed by atoms with van der Waals surface area (Å²) in [6, 6.07) is 14.5. The molecule has 1 unspecified atom stereocenters. The van der Waals surface area contributed by atoms with Gasteiger partial charge < -0.3 is 4.74 Å². The van der Waals surface area contributed by atoms with Crippen LogP contribution in [0.1, 0.15) is 101 Å². The summed E-state index contributed by atoms with van der Waals surface area (Å²) in [5.41, 5.74) is 4.28. The number of unbranched alkanes of at least 4 members (excludes halogenated alkanes) is 2. The molecule has 32 heavy (non-hydrogen) atoms. The molecule has 0 N–H and O–H groups in total. The first-order valence-corrected chi connectivity index (χ1v) is 12.9. The summed E-state index contributed by atoms with van der Waals surface area (Å²) in [7, 11) is 0. The molecular weight excluding hydrogens is 395 g/mol. The van der Waals surface area contributed by atoms with Gasteiger partial charge in [0, 0.05) is 12.3 Å². The highest BCUT2D eigenvalue weighted by molar-refractivity contribution is 5.64. The third kappa shape index (κ3) is 5.63. The van der Waals surface area contributed by atoms with Crippen molar-refractivity contribution in [3.63, 3.8) is 0 Å². The van der Waals surface area contributed by atoms with Gasteiger partial charge in [0.15, 0.2) is 0 Å². The first-order valence-electron chi connectivity index (χ1n) is 12.9. The second-order valence-corrected chi connectivity index (χ2v) is 9.86. The zero-order valence-corrected chi connectivity index (χ0v) is 19.9. The first-order chi connectivity index (χ1) is 15.7. The van der Waals surface area contributed by atoms with Crippen LogP contribution in [-0.4, -0.2) is 6.61 Å². The molecule has 0 radical (unpaired) electrons. The van der Waals surface area contributed by atoms with E-state index in [9.17, 15) is 4.39 Å². The van der Waals surface area contributed by atoms with Crippen LogP contribution in [0.25, 0.3) is 11.1 Å². The Labute approximate surface area is 194 Å². The average molecular weight is 435 g/mol. The van der Waals surface area contributed by atoms with Gasteiger partial charge >= 0.3 is 0 Å². The summed E-state index contributed by atoms with van der Waals surface area (Å²) in [5.74, 6) is 2.78. The summed E-state index contributed by atoms with van der Waals surface area (Å²) in [6.07, 6.45) is 14.1. The van der Waals surface area contributed by atoms with Crippen LogP contribution in [0.4, 0.5) is 4.39 Å². The minimum absolute atomic E-state index is 0.0343. The summed E-state index contributed by atoms with van der Waals surface area (Å²) >= 11 is 0. The molecule has 1 fully saturated rings. The monoisotopic (exact) mass is 434 g/mol. The van der Waals surface area contributed by atoms with E-state index in [1.807, 2.05) is 6.07 Å². The average Bonchev–Trinajstić information content (AvgIpc) is 2.85. The van der Waals surface area contributed by atoms with Gasteiger partial charge in [-0.2, -0.15) is 0 Å².